The van der Waals surface area contributed by atoms with E-state index in [0.717, 1.165) is 0 Å². The SMILES string of the molecule is CCN(CC)S(=O)(=O)c1cccc(NC(=O)CSC)c1. The summed E-state index contributed by atoms with van der Waals surface area (Å²) in [7, 11) is -3.49. The molecule has 1 rings (SSSR count). The Balaban J connectivity index is 3.01. The molecule has 0 atom stereocenters. The average molecular weight is 316 g/mol. The molecule has 0 aliphatic carbocycles. The van der Waals surface area contributed by atoms with Crippen LogP contribution in [0.2, 0.25) is 0 Å². The molecule has 0 bridgehead atoms. The molecule has 0 heterocycles. The Morgan fingerprint density at radius 3 is 2.50 bits per heavy atom. The summed E-state index contributed by atoms with van der Waals surface area (Å²) in [6, 6.07) is 6.34. The number of thioether (sulfide) groups is 1. The minimum absolute atomic E-state index is 0.144. The van der Waals surface area contributed by atoms with Gasteiger partial charge in [0.05, 0.1) is 10.6 Å². The van der Waals surface area contributed by atoms with E-state index in [9.17, 15) is 13.2 Å². The Morgan fingerprint density at radius 2 is 1.95 bits per heavy atom. The summed E-state index contributed by atoms with van der Waals surface area (Å²) < 4.78 is 26.1. The van der Waals surface area contributed by atoms with Crippen molar-refractivity contribution in [2.24, 2.45) is 0 Å². The molecular weight excluding hydrogens is 296 g/mol. The lowest BCUT2D eigenvalue weighted by Gasteiger charge is -2.18. The largest absolute Gasteiger partial charge is 0.325 e. The van der Waals surface area contributed by atoms with Gasteiger partial charge in [-0.1, -0.05) is 19.9 Å². The van der Waals surface area contributed by atoms with Gasteiger partial charge in [0.25, 0.3) is 0 Å². The van der Waals surface area contributed by atoms with Gasteiger partial charge >= 0.3 is 0 Å². The monoisotopic (exact) mass is 316 g/mol. The standard InChI is InChI=1S/C13H20N2O3S2/c1-4-15(5-2)20(17,18)12-8-6-7-11(9-12)14-13(16)10-19-3/h6-9H,4-5,10H2,1-3H3,(H,14,16). The number of nitrogens with one attached hydrogen (secondary N) is 1. The maximum absolute atomic E-state index is 12.4. The van der Waals surface area contributed by atoms with Gasteiger partial charge in [0.15, 0.2) is 0 Å². The first kappa shape index (κ1) is 17.0. The van der Waals surface area contributed by atoms with E-state index >= 15 is 0 Å². The van der Waals surface area contributed by atoms with Crippen molar-refractivity contribution in [2.75, 3.05) is 30.4 Å². The van der Waals surface area contributed by atoms with E-state index < -0.39 is 10.0 Å². The summed E-state index contributed by atoms with van der Waals surface area (Å²) in [5.41, 5.74) is 0.497. The predicted octanol–water partition coefficient (Wildman–Crippen LogP) is 2.02. The molecule has 0 radical (unpaired) electrons. The van der Waals surface area contributed by atoms with E-state index in [1.165, 1.54) is 28.2 Å². The molecule has 0 saturated carbocycles. The summed E-state index contributed by atoms with van der Waals surface area (Å²) in [4.78, 5) is 11.7. The van der Waals surface area contributed by atoms with Crippen molar-refractivity contribution in [1.29, 1.82) is 0 Å². The zero-order valence-electron chi connectivity index (χ0n) is 11.9. The van der Waals surface area contributed by atoms with Crippen LogP contribution in [-0.4, -0.2) is 43.7 Å². The van der Waals surface area contributed by atoms with Gasteiger partial charge in [-0.3, -0.25) is 4.79 Å². The third-order valence-corrected chi connectivity index (χ3v) is 5.33. The summed E-state index contributed by atoms with van der Waals surface area (Å²) in [5.74, 6) is 0.197. The first-order valence-corrected chi connectivity index (χ1v) is 9.18. The van der Waals surface area contributed by atoms with Crippen LogP contribution in [0.3, 0.4) is 0 Å². The highest BCUT2D eigenvalue weighted by molar-refractivity contribution is 7.99. The van der Waals surface area contributed by atoms with Crippen molar-refractivity contribution in [1.82, 2.24) is 4.31 Å². The Kier molecular flexibility index (Phi) is 6.51. The second kappa shape index (κ2) is 7.66. The first-order valence-electron chi connectivity index (χ1n) is 6.34. The fourth-order valence-electron chi connectivity index (χ4n) is 1.78. The van der Waals surface area contributed by atoms with Crippen LogP contribution in [0.1, 0.15) is 13.8 Å². The molecule has 1 amide bonds. The van der Waals surface area contributed by atoms with Crippen molar-refractivity contribution in [3.05, 3.63) is 24.3 Å². The van der Waals surface area contributed by atoms with Crippen LogP contribution in [0.25, 0.3) is 0 Å². The minimum Gasteiger partial charge on any atom is -0.325 e. The van der Waals surface area contributed by atoms with E-state index in [2.05, 4.69) is 5.32 Å². The van der Waals surface area contributed by atoms with Crippen molar-refractivity contribution < 1.29 is 13.2 Å². The summed E-state index contributed by atoms with van der Waals surface area (Å²) in [6.07, 6.45) is 1.83. The zero-order valence-corrected chi connectivity index (χ0v) is 13.6. The molecule has 0 unspecified atom stereocenters. The molecule has 0 aliphatic heterocycles. The van der Waals surface area contributed by atoms with Gasteiger partial charge in [0.2, 0.25) is 15.9 Å². The number of amides is 1. The molecule has 112 valence electrons. The van der Waals surface area contributed by atoms with Gasteiger partial charge in [-0.25, -0.2) is 8.42 Å². The van der Waals surface area contributed by atoms with Crippen molar-refractivity contribution >= 4 is 33.4 Å². The van der Waals surface area contributed by atoms with Gasteiger partial charge in [-0.2, -0.15) is 16.1 Å². The summed E-state index contributed by atoms with van der Waals surface area (Å²) in [5, 5.41) is 2.69. The molecule has 0 aliphatic rings. The predicted molar refractivity (Wildman–Crippen MR) is 83.6 cm³/mol. The number of sulfonamides is 1. The molecule has 5 nitrogen and oxygen atoms in total. The molecule has 1 aromatic carbocycles. The van der Waals surface area contributed by atoms with Crippen LogP contribution in [0, 0.1) is 0 Å². The molecule has 20 heavy (non-hydrogen) atoms. The molecule has 0 spiro atoms. The molecule has 1 N–H and O–H groups in total. The lowest BCUT2D eigenvalue weighted by molar-refractivity contribution is -0.113. The van der Waals surface area contributed by atoms with Gasteiger partial charge in [0, 0.05) is 18.8 Å². The maximum atomic E-state index is 12.4. The second-order valence-electron chi connectivity index (χ2n) is 4.10. The van der Waals surface area contributed by atoms with Gasteiger partial charge in [-0.05, 0) is 24.5 Å². The smallest absolute Gasteiger partial charge is 0.243 e. The van der Waals surface area contributed by atoms with Crippen molar-refractivity contribution in [3.8, 4) is 0 Å². The number of carbonyl (C=O) groups excluding carboxylic acids is 1. The normalized spacial score (nSPS) is 11.6. The third kappa shape index (κ3) is 4.22. The number of anilines is 1. The zero-order chi connectivity index (χ0) is 15.2. The summed E-state index contributed by atoms with van der Waals surface area (Å²) >= 11 is 1.41. The van der Waals surface area contributed by atoms with Gasteiger partial charge < -0.3 is 5.32 Å². The third-order valence-electron chi connectivity index (χ3n) is 2.74. The highest BCUT2D eigenvalue weighted by atomic mass is 32.2. The molecule has 0 fully saturated rings. The van der Waals surface area contributed by atoms with Crippen LogP contribution < -0.4 is 5.32 Å². The lowest BCUT2D eigenvalue weighted by atomic mass is 10.3. The van der Waals surface area contributed by atoms with E-state index in [1.807, 2.05) is 6.26 Å². The van der Waals surface area contributed by atoms with Crippen molar-refractivity contribution in [3.63, 3.8) is 0 Å². The molecule has 1 aromatic rings. The van der Waals surface area contributed by atoms with Crippen LogP contribution in [0.5, 0.6) is 0 Å². The molecule has 0 saturated heterocycles. The number of hydrogen-bond donors (Lipinski definition) is 1. The fourth-order valence-corrected chi connectivity index (χ4v) is 3.61. The number of rotatable bonds is 7. The Bertz CT molecular complexity index is 554. The molecule has 7 heteroatoms. The number of hydrogen-bond acceptors (Lipinski definition) is 4. The molecule has 0 aromatic heterocycles. The van der Waals surface area contributed by atoms with Gasteiger partial charge in [-0.15, -0.1) is 0 Å². The Morgan fingerprint density at radius 1 is 1.30 bits per heavy atom. The quantitative estimate of drug-likeness (QED) is 0.836. The minimum atomic E-state index is -3.49. The van der Waals surface area contributed by atoms with Crippen LogP contribution in [-0.2, 0) is 14.8 Å². The maximum Gasteiger partial charge on any atom is 0.243 e. The van der Waals surface area contributed by atoms with Crippen LogP contribution in [0.4, 0.5) is 5.69 Å². The highest BCUT2D eigenvalue weighted by Gasteiger charge is 2.21. The van der Waals surface area contributed by atoms with E-state index in [1.54, 1.807) is 26.0 Å². The van der Waals surface area contributed by atoms with E-state index in [4.69, 9.17) is 0 Å². The lowest BCUT2D eigenvalue weighted by Crippen LogP contribution is -2.30. The first-order chi connectivity index (χ1) is 9.45. The van der Waals surface area contributed by atoms with E-state index in [0.29, 0.717) is 24.5 Å². The van der Waals surface area contributed by atoms with E-state index in [-0.39, 0.29) is 10.8 Å². The van der Waals surface area contributed by atoms with Crippen molar-refractivity contribution in [2.45, 2.75) is 18.7 Å². The van der Waals surface area contributed by atoms with Crippen LogP contribution >= 0.6 is 11.8 Å². The Hall–Kier alpha value is -1.05. The van der Waals surface area contributed by atoms with Crippen LogP contribution in [0.15, 0.2) is 29.2 Å². The van der Waals surface area contributed by atoms with Gasteiger partial charge in [0.1, 0.15) is 0 Å². The molecular formula is C13H20N2O3S2. The topological polar surface area (TPSA) is 66.5 Å². The fraction of sp³-hybridized carbons (Fsp3) is 0.462. The average Bonchev–Trinajstić information content (AvgIpc) is 2.40. The second-order valence-corrected chi connectivity index (χ2v) is 6.90. The summed E-state index contributed by atoms with van der Waals surface area (Å²) in [6.45, 7) is 4.43. The Labute approximate surface area is 124 Å². The number of nitrogens with zero attached hydrogens (tertiary/aromatic N) is 1. The highest BCUT2D eigenvalue weighted by Crippen LogP contribution is 2.19. The number of carbonyl (C=O) groups is 1. The number of benzene rings is 1.